The van der Waals surface area contributed by atoms with Crippen molar-refractivity contribution >= 4 is 0 Å². The zero-order valence-corrected chi connectivity index (χ0v) is 9.16. The van der Waals surface area contributed by atoms with Crippen molar-refractivity contribution in [3.8, 4) is 11.3 Å². The molecule has 3 N–H and O–H groups in total. The van der Waals surface area contributed by atoms with E-state index in [1.54, 1.807) is 0 Å². The van der Waals surface area contributed by atoms with Crippen molar-refractivity contribution in [2.45, 2.75) is 25.3 Å². The maximum atomic E-state index is 4.43. The van der Waals surface area contributed by atoms with Gasteiger partial charge in [0.25, 0.3) is 0 Å². The first kappa shape index (κ1) is 9.66. The number of H-pyrrole nitrogens is 2. The molecule has 1 unspecified atom stereocenters. The molecule has 1 fully saturated rings. The molecule has 0 aliphatic carbocycles. The maximum Gasteiger partial charge on any atom is 0.108 e. The first-order valence-electron chi connectivity index (χ1n) is 5.82. The lowest BCUT2D eigenvalue weighted by molar-refractivity contribution is 0.589. The van der Waals surface area contributed by atoms with E-state index in [-0.39, 0.29) is 0 Å². The first-order chi connectivity index (χ1) is 7.92. The zero-order chi connectivity index (χ0) is 10.8. The molecule has 3 rings (SSSR count). The average Bonchev–Trinajstić information content (AvgIpc) is 2.99. The standard InChI is InChI=1S/C12H16N4/c1-2-10(14-4-1)6-12-15-8-11(16-12)9-3-5-13-7-9/h3,5,7-8,10,13-14H,1-2,4,6H2,(H,15,16). The molecule has 1 atom stereocenters. The second kappa shape index (κ2) is 4.14. The van der Waals surface area contributed by atoms with Crippen LogP contribution in [-0.4, -0.2) is 27.5 Å². The Kier molecular flexibility index (Phi) is 2.50. The summed E-state index contributed by atoms with van der Waals surface area (Å²) in [4.78, 5) is 10.8. The summed E-state index contributed by atoms with van der Waals surface area (Å²) in [6, 6.07) is 2.65. The smallest absolute Gasteiger partial charge is 0.108 e. The highest BCUT2D eigenvalue weighted by Crippen LogP contribution is 2.17. The van der Waals surface area contributed by atoms with E-state index >= 15 is 0 Å². The molecule has 1 saturated heterocycles. The van der Waals surface area contributed by atoms with Crippen LogP contribution in [0.15, 0.2) is 24.7 Å². The van der Waals surface area contributed by atoms with Crippen molar-refractivity contribution in [3.63, 3.8) is 0 Å². The minimum atomic E-state index is 0.602. The van der Waals surface area contributed by atoms with E-state index in [1.165, 1.54) is 12.8 Å². The third-order valence-corrected chi connectivity index (χ3v) is 3.14. The second-order valence-electron chi connectivity index (χ2n) is 4.34. The Morgan fingerprint density at radius 3 is 3.19 bits per heavy atom. The quantitative estimate of drug-likeness (QED) is 0.731. The molecule has 0 saturated carbocycles. The summed E-state index contributed by atoms with van der Waals surface area (Å²) in [6.45, 7) is 1.15. The van der Waals surface area contributed by atoms with Gasteiger partial charge in [0.15, 0.2) is 0 Å². The van der Waals surface area contributed by atoms with Crippen LogP contribution in [0.25, 0.3) is 11.3 Å². The Balaban J connectivity index is 1.72. The number of aromatic nitrogens is 3. The van der Waals surface area contributed by atoms with Crippen molar-refractivity contribution in [2.75, 3.05) is 6.54 Å². The summed E-state index contributed by atoms with van der Waals surface area (Å²) in [7, 11) is 0. The van der Waals surface area contributed by atoms with Crippen LogP contribution in [0.5, 0.6) is 0 Å². The molecule has 84 valence electrons. The van der Waals surface area contributed by atoms with E-state index in [0.29, 0.717) is 6.04 Å². The van der Waals surface area contributed by atoms with Crippen LogP contribution >= 0.6 is 0 Å². The van der Waals surface area contributed by atoms with Crippen LogP contribution < -0.4 is 5.32 Å². The van der Waals surface area contributed by atoms with Gasteiger partial charge >= 0.3 is 0 Å². The van der Waals surface area contributed by atoms with Gasteiger partial charge in [0.05, 0.1) is 11.9 Å². The summed E-state index contributed by atoms with van der Waals surface area (Å²) < 4.78 is 0. The first-order valence-corrected chi connectivity index (χ1v) is 5.82. The predicted octanol–water partition coefficient (Wildman–Crippen LogP) is 1.70. The van der Waals surface area contributed by atoms with Crippen LogP contribution in [0.1, 0.15) is 18.7 Å². The van der Waals surface area contributed by atoms with E-state index < -0.39 is 0 Å². The van der Waals surface area contributed by atoms with Crippen LogP contribution in [-0.2, 0) is 6.42 Å². The highest BCUT2D eigenvalue weighted by molar-refractivity contribution is 5.57. The molecule has 0 aromatic carbocycles. The zero-order valence-electron chi connectivity index (χ0n) is 9.16. The van der Waals surface area contributed by atoms with Crippen molar-refractivity contribution in [3.05, 3.63) is 30.5 Å². The molecule has 2 aromatic heterocycles. The van der Waals surface area contributed by atoms with E-state index in [4.69, 9.17) is 0 Å². The van der Waals surface area contributed by atoms with E-state index in [9.17, 15) is 0 Å². The van der Waals surface area contributed by atoms with Crippen LogP contribution in [0.3, 0.4) is 0 Å². The molecule has 4 heteroatoms. The van der Waals surface area contributed by atoms with Crippen molar-refractivity contribution in [1.82, 2.24) is 20.3 Å². The molecule has 3 heterocycles. The fraction of sp³-hybridized carbons (Fsp3) is 0.417. The van der Waals surface area contributed by atoms with E-state index in [2.05, 4.69) is 20.3 Å². The number of aromatic amines is 2. The average molecular weight is 216 g/mol. The van der Waals surface area contributed by atoms with Crippen molar-refractivity contribution in [2.24, 2.45) is 0 Å². The van der Waals surface area contributed by atoms with Gasteiger partial charge in [0.2, 0.25) is 0 Å². The van der Waals surface area contributed by atoms with E-state index in [0.717, 1.165) is 30.0 Å². The molecule has 0 spiro atoms. The maximum absolute atomic E-state index is 4.43. The number of imidazole rings is 1. The van der Waals surface area contributed by atoms with Gasteiger partial charge in [-0.3, -0.25) is 0 Å². The summed E-state index contributed by atoms with van der Waals surface area (Å²) in [5, 5.41) is 3.48. The van der Waals surface area contributed by atoms with Gasteiger partial charge in [-0.1, -0.05) is 0 Å². The highest BCUT2D eigenvalue weighted by atomic mass is 15.0. The Hall–Kier alpha value is -1.55. The molecular weight excluding hydrogens is 200 g/mol. The molecule has 1 aliphatic heterocycles. The largest absolute Gasteiger partial charge is 0.367 e. The van der Waals surface area contributed by atoms with Gasteiger partial charge in [-0.05, 0) is 25.5 Å². The lowest BCUT2D eigenvalue weighted by Gasteiger charge is -2.06. The number of nitrogens with zero attached hydrogens (tertiary/aromatic N) is 1. The van der Waals surface area contributed by atoms with E-state index in [1.807, 2.05) is 24.7 Å². The summed E-state index contributed by atoms with van der Waals surface area (Å²) in [5.41, 5.74) is 2.26. The minimum absolute atomic E-state index is 0.602. The monoisotopic (exact) mass is 216 g/mol. The lowest BCUT2D eigenvalue weighted by Crippen LogP contribution is -2.24. The Morgan fingerprint density at radius 2 is 2.44 bits per heavy atom. The SMILES string of the molecule is c1cc(-c2cnc(CC3CCCN3)[nH]2)c[nH]1. The van der Waals surface area contributed by atoms with Gasteiger partial charge in [-0.2, -0.15) is 0 Å². The lowest BCUT2D eigenvalue weighted by atomic mass is 10.1. The Labute approximate surface area is 94.5 Å². The number of rotatable bonds is 3. The number of hydrogen-bond acceptors (Lipinski definition) is 2. The van der Waals surface area contributed by atoms with Crippen LogP contribution in [0, 0.1) is 0 Å². The van der Waals surface area contributed by atoms with Gasteiger partial charge in [-0.15, -0.1) is 0 Å². The molecule has 0 amide bonds. The van der Waals surface area contributed by atoms with Gasteiger partial charge in [0, 0.05) is 30.4 Å². The fourth-order valence-corrected chi connectivity index (χ4v) is 2.27. The fourth-order valence-electron chi connectivity index (χ4n) is 2.27. The molecule has 0 radical (unpaired) electrons. The third kappa shape index (κ3) is 1.88. The summed E-state index contributed by atoms with van der Waals surface area (Å²) in [6.07, 6.45) is 9.37. The molecule has 4 nitrogen and oxygen atoms in total. The second-order valence-corrected chi connectivity index (χ2v) is 4.34. The van der Waals surface area contributed by atoms with Crippen molar-refractivity contribution < 1.29 is 0 Å². The summed E-state index contributed by atoms with van der Waals surface area (Å²) >= 11 is 0. The van der Waals surface area contributed by atoms with Crippen molar-refractivity contribution in [1.29, 1.82) is 0 Å². The molecule has 2 aromatic rings. The third-order valence-electron chi connectivity index (χ3n) is 3.14. The normalized spacial score (nSPS) is 20.4. The Bertz CT molecular complexity index is 437. The molecule has 1 aliphatic rings. The van der Waals surface area contributed by atoms with Gasteiger partial charge < -0.3 is 15.3 Å². The number of hydrogen-bond donors (Lipinski definition) is 3. The number of nitrogens with one attached hydrogen (secondary N) is 3. The van der Waals surface area contributed by atoms with Crippen LogP contribution in [0.2, 0.25) is 0 Å². The predicted molar refractivity (Wildman–Crippen MR) is 63.1 cm³/mol. The topological polar surface area (TPSA) is 56.5 Å². The minimum Gasteiger partial charge on any atom is -0.367 e. The molecule has 0 bridgehead atoms. The van der Waals surface area contributed by atoms with Gasteiger partial charge in [0.1, 0.15) is 5.82 Å². The van der Waals surface area contributed by atoms with Crippen LogP contribution in [0.4, 0.5) is 0 Å². The Morgan fingerprint density at radius 1 is 1.44 bits per heavy atom. The summed E-state index contributed by atoms with van der Waals surface area (Å²) in [5.74, 6) is 1.08. The van der Waals surface area contributed by atoms with Gasteiger partial charge in [-0.25, -0.2) is 4.98 Å². The molecular formula is C12H16N4. The highest BCUT2D eigenvalue weighted by Gasteiger charge is 2.16. The molecule has 16 heavy (non-hydrogen) atoms.